The number of oxazole rings is 1. The van der Waals surface area contributed by atoms with E-state index in [9.17, 15) is 4.79 Å². The van der Waals surface area contributed by atoms with E-state index in [1.165, 1.54) is 0 Å². The summed E-state index contributed by atoms with van der Waals surface area (Å²) < 4.78 is 22.7. The van der Waals surface area contributed by atoms with Crippen LogP contribution in [0.1, 0.15) is 43.3 Å². The molecule has 0 spiro atoms. The van der Waals surface area contributed by atoms with Gasteiger partial charge in [-0.2, -0.15) is 0 Å². The average Bonchev–Trinajstić information content (AvgIpc) is 3.46. The fourth-order valence-electron chi connectivity index (χ4n) is 4.02. The number of hydrogen-bond donors (Lipinski definition) is 0. The Hall–Kier alpha value is -3.19. The Labute approximate surface area is 194 Å². The summed E-state index contributed by atoms with van der Waals surface area (Å²) in [5, 5.41) is 0. The highest BCUT2D eigenvalue weighted by Crippen LogP contribution is 2.31. The van der Waals surface area contributed by atoms with Crippen LogP contribution in [0.4, 0.5) is 0 Å². The van der Waals surface area contributed by atoms with Gasteiger partial charge in [-0.1, -0.05) is 18.2 Å². The molecule has 2 aromatic heterocycles. The van der Waals surface area contributed by atoms with Crippen LogP contribution in [0.2, 0.25) is 0 Å². The van der Waals surface area contributed by atoms with E-state index in [0.717, 1.165) is 42.0 Å². The van der Waals surface area contributed by atoms with E-state index in [-0.39, 0.29) is 5.97 Å². The van der Waals surface area contributed by atoms with Gasteiger partial charge < -0.3 is 18.6 Å². The molecule has 1 aromatic carbocycles. The summed E-state index contributed by atoms with van der Waals surface area (Å²) in [7, 11) is 0. The summed E-state index contributed by atoms with van der Waals surface area (Å²) in [6, 6.07) is 13.7. The molecule has 0 N–H and O–H groups in total. The molecule has 1 fully saturated rings. The first-order chi connectivity index (χ1) is 16.1. The lowest BCUT2D eigenvalue weighted by atomic mass is 9.94. The number of esters is 1. The van der Waals surface area contributed by atoms with E-state index < -0.39 is 5.60 Å². The van der Waals surface area contributed by atoms with Crippen LogP contribution < -0.4 is 4.74 Å². The minimum absolute atomic E-state index is 0.303. The van der Waals surface area contributed by atoms with Crippen LogP contribution in [0.3, 0.4) is 0 Å². The topological polar surface area (TPSA) is 83.7 Å². The molecule has 1 aliphatic heterocycles. The van der Waals surface area contributed by atoms with Crippen LogP contribution in [0, 0.1) is 6.92 Å². The minimum Gasteiger partial charge on any atom is -0.492 e. The third-order valence-electron chi connectivity index (χ3n) is 5.76. The number of aromatic nitrogens is 2. The van der Waals surface area contributed by atoms with Crippen molar-refractivity contribution in [1.29, 1.82) is 0 Å². The van der Waals surface area contributed by atoms with Crippen molar-refractivity contribution in [2.24, 2.45) is 0 Å². The lowest BCUT2D eigenvalue weighted by molar-refractivity contribution is -0.166. The van der Waals surface area contributed by atoms with Gasteiger partial charge in [-0.25, -0.2) is 9.78 Å². The van der Waals surface area contributed by atoms with Gasteiger partial charge in [0.1, 0.15) is 11.5 Å². The summed E-state index contributed by atoms with van der Waals surface area (Å²) in [6.45, 7) is 5.19. The highest BCUT2D eigenvalue weighted by molar-refractivity contribution is 5.80. The largest absolute Gasteiger partial charge is 0.492 e. The number of carbonyl (C=O) groups is 1. The Morgan fingerprint density at radius 2 is 2.03 bits per heavy atom. The molecule has 0 aliphatic carbocycles. The maximum atomic E-state index is 12.4. The van der Waals surface area contributed by atoms with Gasteiger partial charge in [0.25, 0.3) is 0 Å². The van der Waals surface area contributed by atoms with Gasteiger partial charge in [-0.15, -0.1) is 0 Å². The number of benzene rings is 1. The molecule has 1 atom stereocenters. The lowest BCUT2D eigenvalue weighted by Gasteiger charge is -2.25. The lowest BCUT2D eigenvalue weighted by Crippen LogP contribution is -2.42. The Kier molecular flexibility index (Phi) is 7.40. The molecule has 7 heteroatoms. The van der Waals surface area contributed by atoms with E-state index in [2.05, 4.69) is 9.97 Å². The van der Waals surface area contributed by atoms with Crippen molar-refractivity contribution in [2.75, 3.05) is 19.8 Å². The summed E-state index contributed by atoms with van der Waals surface area (Å²) in [5.74, 6) is 1.88. The average molecular weight is 451 g/mol. The standard InChI is InChI=1S/C26H30N2O5/c1-3-30-25(29)26(14-8-16-32-26)17-21-12-13-22(18-27-21)31-15-7-11-23-19(2)33-24(28-23)20-9-5-4-6-10-20/h4-6,9-10,12-13,18H,3,7-8,11,14-17H2,1-2H3. The zero-order valence-electron chi connectivity index (χ0n) is 19.2. The first kappa shape index (κ1) is 23.0. The maximum Gasteiger partial charge on any atom is 0.338 e. The fourth-order valence-corrected chi connectivity index (χ4v) is 4.02. The predicted octanol–water partition coefficient (Wildman–Crippen LogP) is 4.71. The van der Waals surface area contributed by atoms with Gasteiger partial charge in [0, 0.05) is 24.3 Å². The van der Waals surface area contributed by atoms with E-state index >= 15 is 0 Å². The van der Waals surface area contributed by atoms with Crippen molar-refractivity contribution in [3.63, 3.8) is 0 Å². The molecular formula is C26H30N2O5. The number of carbonyl (C=O) groups excluding carboxylic acids is 1. The Morgan fingerprint density at radius 1 is 1.18 bits per heavy atom. The third-order valence-corrected chi connectivity index (χ3v) is 5.76. The first-order valence-corrected chi connectivity index (χ1v) is 11.5. The van der Waals surface area contributed by atoms with Crippen LogP contribution in [0.5, 0.6) is 5.75 Å². The third kappa shape index (κ3) is 5.60. The van der Waals surface area contributed by atoms with Crippen molar-refractivity contribution in [1.82, 2.24) is 9.97 Å². The Morgan fingerprint density at radius 3 is 2.73 bits per heavy atom. The minimum atomic E-state index is -0.917. The summed E-state index contributed by atoms with van der Waals surface area (Å²) in [6.07, 6.45) is 5.17. The monoisotopic (exact) mass is 450 g/mol. The molecule has 1 saturated heterocycles. The van der Waals surface area contributed by atoms with Crippen molar-refractivity contribution in [2.45, 2.75) is 51.6 Å². The van der Waals surface area contributed by atoms with Crippen LogP contribution in [-0.2, 0) is 27.1 Å². The summed E-state index contributed by atoms with van der Waals surface area (Å²) in [5.41, 5.74) is 1.79. The first-order valence-electron chi connectivity index (χ1n) is 11.5. The highest BCUT2D eigenvalue weighted by Gasteiger charge is 2.44. The van der Waals surface area contributed by atoms with E-state index in [4.69, 9.17) is 18.6 Å². The number of hydrogen-bond acceptors (Lipinski definition) is 7. The number of nitrogens with zero attached hydrogens (tertiary/aromatic N) is 2. The van der Waals surface area contributed by atoms with Crippen LogP contribution >= 0.6 is 0 Å². The van der Waals surface area contributed by atoms with E-state index in [1.54, 1.807) is 13.1 Å². The quantitative estimate of drug-likeness (QED) is 0.327. The molecule has 0 radical (unpaired) electrons. The van der Waals surface area contributed by atoms with Crippen LogP contribution in [0.25, 0.3) is 11.5 Å². The summed E-state index contributed by atoms with van der Waals surface area (Å²) in [4.78, 5) is 21.5. The molecular weight excluding hydrogens is 420 g/mol. The van der Waals surface area contributed by atoms with Gasteiger partial charge in [0.05, 0.1) is 25.1 Å². The van der Waals surface area contributed by atoms with E-state index in [0.29, 0.717) is 44.3 Å². The molecule has 33 heavy (non-hydrogen) atoms. The molecule has 1 aliphatic rings. The van der Waals surface area contributed by atoms with Gasteiger partial charge >= 0.3 is 5.97 Å². The van der Waals surface area contributed by atoms with Gasteiger partial charge in [-0.05, 0) is 63.8 Å². The molecule has 3 heterocycles. The smallest absolute Gasteiger partial charge is 0.338 e. The number of pyridine rings is 1. The number of ether oxygens (including phenoxy) is 3. The predicted molar refractivity (Wildman–Crippen MR) is 123 cm³/mol. The SMILES string of the molecule is CCOC(=O)C1(Cc2ccc(OCCCc3nc(-c4ccccc4)oc3C)cn2)CCCO1. The molecule has 3 aromatic rings. The van der Waals surface area contributed by atoms with Crippen molar-refractivity contribution < 1.29 is 23.4 Å². The fraction of sp³-hybridized carbons (Fsp3) is 0.423. The molecule has 0 saturated carbocycles. The molecule has 0 amide bonds. The molecule has 174 valence electrons. The van der Waals surface area contributed by atoms with Gasteiger partial charge in [0.2, 0.25) is 5.89 Å². The second-order valence-corrected chi connectivity index (χ2v) is 8.17. The van der Waals surface area contributed by atoms with Crippen LogP contribution in [-0.4, -0.2) is 41.4 Å². The normalized spacial score (nSPS) is 17.8. The number of aryl methyl sites for hydroxylation is 2. The van der Waals surface area contributed by atoms with Gasteiger partial charge in [0.15, 0.2) is 5.60 Å². The maximum absolute atomic E-state index is 12.4. The second-order valence-electron chi connectivity index (χ2n) is 8.17. The molecule has 4 rings (SSSR count). The van der Waals surface area contributed by atoms with E-state index in [1.807, 2.05) is 49.4 Å². The van der Waals surface area contributed by atoms with Crippen molar-refractivity contribution in [3.05, 3.63) is 65.8 Å². The Bertz CT molecular complexity index is 1040. The zero-order valence-corrected chi connectivity index (χ0v) is 19.2. The highest BCUT2D eigenvalue weighted by atomic mass is 16.6. The summed E-state index contributed by atoms with van der Waals surface area (Å²) >= 11 is 0. The second kappa shape index (κ2) is 10.6. The van der Waals surface area contributed by atoms with Crippen LogP contribution in [0.15, 0.2) is 53.1 Å². The van der Waals surface area contributed by atoms with Gasteiger partial charge in [-0.3, -0.25) is 4.98 Å². The number of rotatable bonds is 10. The van der Waals surface area contributed by atoms with Crippen molar-refractivity contribution in [3.8, 4) is 17.2 Å². The molecule has 1 unspecified atom stereocenters. The van der Waals surface area contributed by atoms with Crippen molar-refractivity contribution >= 4 is 5.97 Å². The zero-order chi connectivity index (χ0) is 23.1. The molecule has 0 bridgehead atoms. The Balaban J connectivity index is 1.27. The molecule has 7 nitrogen and oxygen atoms in total.